The Hall–Kier alpha value is -1.51. The third-order valence-corrected chi connectivity index (χ3v) is 6.89. The molecule has 0 spiro atoms. The number of rotatable bonds is 5. The number of carboxylic acid groups (broad SMARTS) is 2. The fourth-order valence-electron chi connectivity index (χ4n) is 4.49. The van der Waals surface area contributed by atoms with Crippen LogP contribution in [0.15, 0.2) is 0 Å². The summed E-state index contributed by atoms with van der Waals surface area (Å²) in [5.74, 6) is -3.64. The third-order valence-electron chi connectivity index (χ3n) is 6.89. The summed E-state index contributed by atoms with van der Waals surface area (Å²) in [6, 6.07) is 0.562. The molecule has 0 aromatic carbocycles. The second-order valence-electron chi connectivity index (χ2n) is 9.09. The zero-order valence-electron chi connectivity index (χ0n) is 19.1. The number of aliphatic carboxylic acids is 2. The molecule has 0 aromatic rings. The number of likely N-dealkylation sites (tertiary alicyclic amines) is 2. The molecular formula is C22H36N4O6Pt. The summed E-state index contributed by atoms with van der Waals surface area (Å²) in [6.45, 7) is 1.49. The molecule has 1 saturated carbocycles. The Morgan fingerprint density at radius 3 is 1.45 bits per heavy atom. The van der Waals surface area contributed by atoms with Crippen molar-refractivity contribution < 1.29 is 50.5 Å². The van der Waals surface area contributed by atoms with Gasteiger partial charge in [-0.2, -0.15) is 0 Å². The Morgan fingerprint density at radius 1 is 0.697 bits per heavy atom. The van der Waals surface area contributed by atoms with Crippen molar-refractivity contribution in [3.05, 3.63) is 0 Å². The van der Waals surface area contributed by atoms with Crippen molar-refractivity contribution in [2.45, 2.75) is 82.7 Å². The number of carbonyl (C=O) groups is 4. The number of amides is 2. The minimum absolute atomic E-state index is 0. The number of carbonyl (C=O) groups excluding carboxylic acids is 4. The average molecular weight is 648 g/mol. The minimum Gasteiger partial charge on any atom is -0.549 e. The van der Waals surface area contributed by atoms with E-state index in [4.69, 9.17) is 11.5 Å². The first-order valence-electron chi connectivity index (χ1n) is 11.7. The van der Waals surface area contributed by atoms with E-state index in [9.17, 15) is 29.4 Å². The number of hydrogen-bond donors (Lipinski definition) is 2. The first kappa shape index (κ1) is 29.5. The number of carboxylic acids is 2. The van der Waals surface area contributed by atoms with Crippen LogP contribution in [0, 0.1) is 5.41 Å². The molecule has 11 heteroatoms. The average Bonchev–Trinajstić information content (AvgIpc) is 2.80. The van der Waals surface area contributed by atoms with Gasteiger partial charge in [0.2, 0.25) is 11.8 Å². The van der Waals surface area contributed by atoms with Crippen LogP contribution in [-0.4, -0.2) is 71.8 Å². The molecule has 10 nitrogen and oxygen atoms in total. The molecule has 3 fully saturated rings. The maximum absolute atomic E-state index is 12.2. The van der Waals surface area contributed by atoms with Gasteiger partial charge in [-0.15, -0.1) is 0 Å². The van der Waals surface area contributed by atoms with Gasteiger partial charge in [0.25, 0.3) is 0 Å². The van der Waals surface area contributed by atoms with Crippen LogP contribution in [0.4, 0.5) is 0 Å². The second-order valence-corrected chi connectivity index (χ2v) is 9.09. The number of piperidine rings is 2. The fourth-order valence-corrected chi connectivity index (χ4v) is 4.49. The zero-order valence-corrected chi connectivity index (χ0v) is 21.3. The summed E-state index contributed by atoms with van der Waals surface area (Å²) in [7, 11) is 0. The second kappa shape index (κ2) is 14.0. The van der Waals surface area contributed by atoms with Crippen LogP contribution >= 0.6 is 0 Å². The maximum atomic E-state index is 12.2. The van der Waals surface area contributed by atoms with E-state index in [0.717, 1.165) is 45.2 Å². The predicted octanol–water partition coefficient (Wildman–Crippen LogP) is -1.90. The number of nitrogens with zero attached hydrogens (tertiary/aromatic N) is 2. The summed E-state index contributed by atoms with van der Waals surface area (Å²) in [6.07, 6.45) is 7.61. The minimum atomic E-state index is -2.03. The first-order valence-corrected chi connectivity index (χ1v) is 11.7. The van der Waals surface area contributed by atoms with Gasteiger partial charge < -0.3 is 41.1 Å². The molecule has 33 heavy (non-hydrogen) atoms. The van der Waals surface area contributed by atoms with Crippen LogP contribution in [0.3, 0.4) is 0 Å². The van der Waals surface area contributed by atoms with E-state index in [-0.39, 0.29) is 83.7 Å². The van der Waals surface area contributed by atoms with Crippen molar-refractivity contribution in [1.29, 1.82) is 0 Å². The smallest absolute Gasteiger partial charge is 0.549 e. The predicted molar refractivity (Wildman–Crippen MR) is 112 cm³/mol. The Bertz CT molecular complexity index is 652. The topological polar surface area (TPSA) is 173 Å². The SMILES string of the molecule is N[C@@H]1CCCC[C@H]1N.O=C(CCC(=O)N1CCC(C(=O)[O-])(C(=O)[O-])CC1)N1CCCCC1.[Pt+2]. The molecule has 2 amide bonds. The number of hydrogen-bond acceptors (Lipinski definition) is 8. The van der Waals surface area contributed by atoms with Gasteiger partial charge in [-0.3, -0.25) is 9.59 Å². The van der Waals surface area contributed by atoms with E-state index in [0.29, 0.717) is 0 Å². The molecule has 3 aliphatic rings. The van der Waals surface area contributed by atoms with E-state index < -0.39 is 17.4 Å². The molecule has 3 rings (SSSR count). The van der Waals surface area contributed by atoms with Crippen molar-refractivity contribution in [3.63, 3.8) is 0 Å². The van der Waals surface area contributed by atoms with Crippen molar-refractivity contribution in [2.75, 3.05) is 26.2 Å². The molecule has 190 valence electrons. The maximum Gasteiger partial charge on any atom is 2.00 e. The van der Waals surface area contributed by atoms with Gasteiger partial charge in [0, 0.05) is 51.1 Å². The molecule has 0 aromatic heterocycles. The van der Waals surface area contributed by atoms with Crippen LogP contribution in [0.1, 0.15) is 70.6 Å². The Balaban J connectivity index is 0.000000511. The molecule has 2 atom stereocenters. The van der Waals surface area contributed by atoms with E-state index in [1.54, 1.807) is 4.90 Å². The van der Waals surface area contributed by atoms with Crippen molar-refractivity contribution in [1.82, 2.24) is 9.80 Å². The summed E-state index contributed by atoms with van der Waals surface area (Å²) in [5, 5.41) is 22.2. The summed E-state index contributed by atoms with van der Waals surface area (Å²) in [4.78, 5) is 49.6. The van der Waals surface area contributed by atoms with Crippen molar-refractivity contribution >= 4 is 23.8 Å². The summed E-state index contributed by atoms with van der Waals surface area (Å²) < 4.78 is 0. The Morgan fingerprint density at radius 2 is 1.09 bits per heavy atom. The quantitative estimate of drug-likeness (QED) is 0.326. The largest absolute Gasteiger partial charge is 2.00 e. The van der Waals surface area contributed by atoms with Gasteiger partial charge in [-0.25, -0.2) is 0 Å². The molecule has 2 aliphatic heterocycles. The normalized spacial score (nSPS) is 24.5. The molecule has 2 saturated heterocycles. The van der Waals surface area contributed by atoms with E-state index in [1.807, 2.05) is 0 Å². The molecule has 2 heterocycles. The monoisotopic (exact) mass is 647 g/mol. The van der Waals surface area contributed by atoms with Crippen molar-refractivity contribution in [3.8, 4) is 0 Å². The molecule has 0 bridgehead atoms. The standard InChI is InChI=1S/C16H24N2O6.C6H14N2.Pt/c19-12(17-8-2-1-3-9-17)4-5-13(20)18-10-6-16(7-11-18,14(21)22)15(23)24;7-5-3-1-2-4-6(5)8;/h1-11H2,(H,21,22)(H,23,24);5-6H,1-4,7-8H2;/q;;+2/p-2/t;5-,6-;/m.1./s1. The Kier molecular flexibility index (Phi) is 12.5. The zero-order chi connectivity index (χ0) is 23.7. The van der Waals surface area contributed by atoms with E-state index in [2.05, 4.69) is 0 Å². The van der Waals surface area contributed by atoms with Gasteiger partial charge in [0.05, 0.1) is 17.4 Å². The van der Waals surface area contributed by atoms with Gasteiger partial charge in [0.1, 0.15) is 0 Å². The Labute approximate surface area is 209 Å². The molecule has 4 N–H and O–H groups in total. The van der Waals surface area contributed by atoms with E-state index >= 15 is 0 Å². The van der Waals surface area contributed by atoms with Crippen LogP contribution in [0.25, 0.3) is 0 Å². The van der Waals surface area contributed by atoms with Crippen LogP contribution in [-0.2, 0) is 40.2 Å². The van der Waals surface area contributed by atoms with Crippen LogP contribution in [0.2, 0.25) is 0 Å². The number of nitrogens with two attached hydrogens (primary N) is 2. The van der Waals surface area contributed by atoms with Gasteiger partial charge in [-0.1, -0.05) is 12.8 Å². The molecule has 0 unspecified atom stereocenters. The van der Waals surface area contributed by atoms with Crippen LogP contribution in [0.5, 0.6) is 0 Å². The van der Waals surface area contributed by atoms with Gasteiger partial charge >= 0.3 is 21.1 Å². The van der Waals surface area contributed by atoms with Crippen molar-refractivity contribution in [2.24, 2.45) is 16.9 Å². The molecule has 1 aliphatic carbocycles. The first-order chi connectivity index (χ1) is 15.2. The third kappa shape index (κ3) is 8.33. The van der Waals surface area contributed by atoms with Gasteiger partial charge in [-0.05, 0) is 44.9 Å². The van der Waals surface area contributed by atoms with Crippen LogP contribution < -0.4 is 21.7 Å². The summed E-state index contributed by atoms with van der Waals surface area (Å²) in [5.41, 5.74) is 9.28. The summed E-state index contributed by atoms with van der Waals surface area (Å²) >= 11 is 0. The van der Waals surface area contributed by atoms with E-state index in [1.165, 1.54) is 17.7 Å². The fraction of sp³-hybridized carbons (Fsp3) is 0.818. The van der Waals surface area contributed by atoms with Gasteiger partial charge in [0.15, 0.2) is 0 Å². The molecule has 0 radical (unpaired) electrons. The molecular weight excluding hydrogens is 611 g/mol.